The summed E-state index contributed by atoms with van der Waals surface area (Å²) in [5.74, 6) is 1.55. The van der Waals surface area contributed by atoms with Crippen LogP contribution in [0, 0.1) is 0 Å². The standard InChI is InChI=1S/C18H12ClN3O2/c19-14-7-1-5-13(10-14)18-21-16(22-24-18)11-23-15-8-2-4-12-6-3-9-20-17(12)15/h1-10H,11H2. The lowest BCUT2D eigenvalue weighted by atomic mass is 10.2. The first-order valence-corrected chi connectivity index (χ1v) is 7.72. The van der Waals surface area contributed by atoms with Crippen molar-refractivity contribution in [3.05, 3.63) is 71.6 Å². The van der Waals surface area contributed by atoms with Crippen LogP contribution in [-0.2, 0) is 6.61 Å². The minimum atomic E-state index is 0.194. The second-order valence-electron chi connectivity index (χ2n) is 5.15. The first-order valence-electron chi connectivity index (χ1n) is 7.35. The number of para-hydroxylation sites is 1. The molecule has 0 aliphatic heterocycles. The second kappa shape index (κ2) is 6.29. The molecule has 4 aromatic rings. The normalized spacial score (nSPS) is 10.9. The second-order valence-corrected chi connectivity index (χ2v) is 5.58. The summed E-state index contributed by atoms with van der Waals surface area (Å²) in [6.45, 7) is 0.194. The van der Waals surface area contributed by atoms with Crippen molar-refractivity contribution in [2.24, 2.45) is 0 Å². The largest absolute Gasteiger partial charge is 0.483 e. The molecule has 0 aliphatic rings. The summed E-state index contributed by atoms with van der Waals surface area (Å²) in [5.41, 5.74) is 1.58. The van der Waals surface area contributed by atoms with E-state index in [1.807, 2.05) is 42.5 Å². The van der Waals surface area contributed by atoms with E-state index in [4.69, 9.17) is 20.9 Å². The lowest BCUT2D eigenvalue weighted by molar-refractivity contribution is 0.290. The van der Waals surface area contributed by atoms with Crippen molar-refractivity contribution < 1.29 is 9.26 Å². The van der Waals surface area contributed by atoms with Gasteiger partial charge in [-0.15, -0.1) is 0 Å². The molecule has 24 heavy (non-hydrogen) atoms. The van der Waals surface area contributed by atoms with Gasteiger partial charge in [0.1, 0.15) is 11.3 Å². The minimum absolute atomic E-state index is 0.194. The van der Waals surface area contributed by atoms with Crippen molar-refractivity contribution in [2.45, 2.75) is 6.61 Å². The number of fused-ring (bicyclic) bond motifs is 1. The first kappa shape index (κ1) is 14.7. The van der Waals surface area contributed by atoms with Crippen molar-refractivity contribution in [3.63, 3.8) is 0 Å². The summed E-state index contributed by atoms with van der Waals surface area (Å²) in [7, 11) is 0. The Labute approximate surface area is 142 Å². The van der Waals surface area contributed by atoms with Gasteiger partial charge in [0.15, 0.2) is 6.61 Å². The molecule has 6 heteroatoms. The van der Waals surface area contributed by atoms with Crippen molar-refractivity contribution in [3.8, 4) is 17.2 Å². The highest BCUT2D eigenvalue weighted by Crippen LogP contribution is 2.24. The van der Waals surface area contributed by atoms with E-state index in [0.29, 0.717) is 22.5 Å². The van der Waals surface area contributed by atoms with E-state index in [-0.39, 0.29) is 6.61 Å². The van der Waals surface area contributed by atoms with Crippen molar-refractivity contribution in [1.29, 1.82) is 0 Å². The molecule has 5 nitrogen and oxygen atoms in total. The van der Waals surface area contributed by atoms with Crippen LogP contribution in [0.2, 0.25) is 5.02 Å². The third kappa shape index (κ3) is 2.94. The number of ether oxygens (including phenoxy) is 1. The molecule has 0 radical (unpaired) electrons. The van der Waals surface area contributed by atoms with E-state index in [9.17, 15) is 0 Å². The molecule has 0 saturated heterocycles. The predicted molar refractivity (Wildman–Crippen MR) is 90.8 cm³/mol. The van der Waals surface area contributed by atoms with Crippen LogP contribution in [0.25, 0.3) is 22.4 Å². The maximum absolute atomic E-state index is 5.98. The Morgan fingerprint density at radius 3 is 2.83 bits per heavy atom. The van der Waals surface area contributed by atoms with E-state index < -0.39 is 0 Å². The fourth-order valence-electron chi connectivity index (χ4n) is 2.39. The Morgan fingerprint density at radius 1 is 1.04 bits per heavy atom. The number of aromatic nitrogens is 3. The lowest BCUT2D eigenvalue weighted by Crippen LogP contribution is -1.98. The number of pyridine rings is 1. The van der Waals surface area contributed by atoms with Gasteiger partial charge in [-0.25, -0.2) is 0 Å². The highest BCUT2D eigenvalue weighted by Gasteiger charge is 2.11. The molecule has 4 rings (SSSR count). The fourth-order valence-corrected chi connectivity index (χ4v) is 2.58. The Morgan fingerprint density at radius 2 is 1.92 bits per heavy atom. The van der Waals surface area contributed by atoms with Crippen LogP contribution >= 0.6 is 11.6 Å². The first-order chi connectivity index (χ1) is 11.8. The van der Waals surface area contributed by atoms with Gasteiger partial charge in [-0.05, 0) is 30.3 Å². The smallest absolute Gasteiger partial charge is 0.258 e. The molecule has 2 heterocycles. The number of benzene rings is 2. The van der Waals surface area contributed by atoms with Crippen LogP contribution in [0.15, 0.2) is 65.3 Å². The molecule has 0 unspecified atom stereocenters. The Balaban J connectivity index is 1.54. The van der Waals surface area contributed by atoms with Crippen LogP contribution < -0.4 is 4.74 Å². The molecular formula is C18H12ClN3O2. The van der Waals surface area contributed by atoms with E-state index >= 15 is 0 Å². The molecule has 118 valence electrons. The van der Waals surface area contributed by atoms with Gasteiger partial charge in [-0.1, -0.05) is 41.0 Å². The van der Waals surface area contributed by atoms with Crippen LogP contribution in [-0.4, -0.2) is 15.1 Å². The third-order valence-corrected chi connectivity index (χ3v) is 3.73. The summed E-state index contributed by atoms with van der Waals surface area (Å²) >= 11 is 5.98. The monoisotopic (exact) mass is 337 g/mol. The SMILES string of the molecule is Clc1cccc(-c2nc(COc3cccc4cccnc34)no2)c1. The maximum Gasteiger partial charge on any atom is 0.258 e. The van der Waals surface area contributed by atoms with Gasteiger partial charge in [0.25, 0.3) is 5.89 Å². The Hall–Kier alpha value is -2.92. The van der Waals surface area contributed by atoms with E-state index in [1.54, 1.807) is 18.3 Å². The molecule has 0 amide bonds. The van der Waals surface area contributed by atoms with Gasteiger partial charge < -0.3 is 9.26 Å². The number of nitrogens with zero attached hydrogens (tertiary/aromatic N) is 3. The fraction of sp³-hybridized carbons (Fsp3) is 0.0556. The molecule has 0 atom stereocenters. The molecule has 0 aliphatic carbocycles. The molecule has 0 N–H and O–H groups in total. The molecule has 0 fully saturated rings. The van der Waals surface area contributed by atoms with Gasteiger partial charge in [-0.2, -0.15) is 4.98 Å². The zero-order valence-electron chi connectivity index (χ0n) is 12.5. The predicted octanol–water partition coefficient (Wildman–Crippen LogP) is 4.52. The van der Waals surface area contributed by atoms with E-state index in [1.165, 1.54) is 0 Å². The highest BCUT2D eigenvalue weighted by molar-refractivity contribution is 6.30. The minimum Gasteiger partial charge on any atom is -0.483 e. The average Bonchev–Trinajstić information content (AvgIpc) is 3.09. The molecule has 2 aromatic carbocycles. The molecule has 0 spiro atoms. The van der Waals surface area contributed by atoms with Crippen LogP contribution in [0.1, 0.15) is 5.82 Å². The van der Waals surface area contributed by atoms with Gasteiger partial charge >= 0.3 is 0 Å². The molecule has 2 aromatic heterocycles. The number of hydrogen-bond acceptors (Lipinski definition) is 5. The van der Waals surface area contributed by atoms with Gasteiger partial charge in [0.05, 0.1) is 0 Å². The lowest BCUT2D eigenvalue weighted by Gasteiger charge is -2.06. The summed E-state index contributed by atoms with van der Waals surface area (Å²) in [5, 5.41) is 5.58. The summed E-state index contributed by atoms with van der Waals surface area (Å²) in [4.78, 5) is 8.69. The van der Waals surface area contributed by atoms with E-state index in [2.05, 4.69) is 15.1 Å². The average molecular weight is 338 g/mol. The molecule has 0 saturated carbocycles. The summed E-state index contributed by atoms with van der Waals surface area (Å²) < 4.78 is 11.1. The Kier molecular flexibility index (Phi) is 3.84. The zero-order valence-corrected chi connectivity index (χ0v) is 13.3. The maximum atomic E-state index is 5.98. The van der Waals surface area contributed by atoms with Gasteiger partial charge in [0.2, 0.25) is 5.82 Å². The highest BCUT2D eigenvalue weighted by atomic mass is 35.5. The van der Waals surface area contributed by atoms with E-state index in [0.717, 1.165) is 16.5 Å². The number of halogens is 1. The van der Waals surface area contributed by atoms with Crippen LogP contribution in [0.3, 0.4) is 0 Å². The Bertz CT molecular complexity index is 995. The molecular weight excluding hydrogens is 326 g/mol. The third-order valence-electron chi connectivity index (χ3n) is 3.49. The number of hydrogen-bond donors (Lipinski definition) is 0. The summed E-state index contributed by atoms with van der Waals surface area (Å²) in [6.07, 6.45) is 1.74. The van der Waals surface area contributed by atoms with Crippen LogP contribution in [0.5, 0.6) is 5.75 Å². The van der Waals surface area contributed by atoms with Crippen molar-refractivity contribution in [1.82, 2.24) is 15.1 Å². The van der Waals surface area contributed by atoms with Crippen molar-refractivity contribution >= 4 is 22.5 Å². The van der Waals surface area contributed by atoms with Gasteiger partial charge in [-0.3, -0.25) is 4.98 Å². The van der Waals surface area contributed by atoms with Gasteiger partial charge in [0, 0.05) is 22.2 Å². The van der Waals surface area contributed by atoms with Crippen molar-refractivity contribution in [2.75, 3.05) is 0 Å². The quantitative estimate of drug-likeness (QED) is 0.548. The molecule has 0 bridgehead atoms. The summed E-state index contributed by atoms with van der Waals surface area (Å²) in [6, 6.07) is 16.9. The van der Waals surface area contributed by atoms with Crippen LogP contribution in [0.4, 0.5) is 0 Å². The topological polar surface area (TPSA) is 61.0 Å². The number of rotatable bonds is 4. The zero-order chi connectivity index (χ0) is 16.4.